The summed E-state index contributed by atoms with van der Waals surface area (Å²) in [5, 5.41) is 6.94. The van der Waals surface area contributed by atoms with E-state index in [9.17, 15) is 8.42 Å². The Morgan fingerprint density at radius 1 is 1.26 bits per heavy atom. The Morgan fingerprint density at radius 3 is 2.65 bits per heavy atom. The van der Waals surface area contributed by atoms with Crippen molar-refractivity contribution in [2.24, 2.45) is 0 Å². The molecule has 0 aromatic carbocycles. The first-order valence-electron chi connectivity index (χ1n) is 7.32. The van der Waals surface area contributed by atoms with E-state index < -0.39 is 9.84 Å². The molecule has 8 nitrogen and oxygen atoms in total. The van der Waals surface area contributed by atoms with E-state index in [0.29, 0.717) is 35.5 Å². The van der Waals surface area contributed by atoms with Crippen LogP contribution in [0.3, 0.4) is 0 Å². The normalized spacial score (nSPS) is 19.7. The quantitative estimate of drug-likeness (QED) is 0.894. The van der Waals surface area contributed by atoms with E-state index in [1.165, 1.54) is 0 Å². The van der Waals surface area contributed by atoms with Crippen molar-refractivity contribution in [2.75, 3.05) is 28.8 Å². The Bertz CT molecular complexity index is 818. The van der Waals surface area contributed by atoms with Crippen molar-refractivity contribution in [1.82, 2.24) is 15.1 Å². The highest BCUT2D eigenvalue weighted by molar-refractivity contribution is 7.91. The molecular weight excluding hydrogens is 318 g/mol. The minimum Gasteiger partial charge on any atom is -0.360 e. The van der Waals surface area contributed by atoms with Gasteiger partial charge in [-0.1, -0.05) is 5.16 Å². The van der Waals surface area contributed by atoms with Crippen LogP contribution in [0.25, 0.3) is 0 Å². The Balaban J connectivity index is 1.82. The average Bonchev–Trinajstić information content (AvgIpc) is 3.03. The van der Waals surface area contributed by atoms with E-state index in [0.717, 1.165) is 0 Å². The van der Waals surface area contributed by atoms with Crippen molar-refractivity contribution < 1.29 is 12.9 Å². The minimum atomic E-state index is -2.94. The van der Waals surface area contributed by atoms with E-state index in [1.54, 1.807) is 19.1 Å². The van der Waals surface area contributed by atoms with Crippen molar-refractivity contribution in [1.29, 1.82) is 0 Å². The Labute approximate surface area is 134 Å². The van der Waals surface area contributed by atoms with Crippen molar-refractivity contribution >= 4 is 27.3 Å². The molecule has 1 fully saturated rings. The van der Waals surface area contributed by atoms with Gasteiger partial charge in [-0.05, 0) is 20.3 Å². The number of hydrogen-bond donors (Lipinski definition) is 1. The zero-order valence-corrected chi connectivity index (χ0v) is 14.1. The number of anilines is 3. The summed E-state index contributed by atoms with van der Waals surface area (Å²) in [6.07, 6.45) is 0.618. The zero-order chi connectivity index (χ0) is 16.6. The van der Waals surface area contributed by atoms with Gasteiger partial charge in [0.15, 0.2) is 15.7 Å². The van der Waals surface area contributed by atoms with Gasteiger partial charge in [-0.25, -0.2) is 18.4 Å². The maximum atomic E-state index is 11.7. The number of sulfone groups is 1. The van der Waals surface area contributed by atoms with Crippen LogP contribution in [0.5, 0.6) is 0 Å². The number of hydrogen-bond acceptors (Lipinski definition) is 8. The van der Waals surface area contributed by atoms with Crippen molar-refractivity contribution in [2.45, 2.75) is 26.3 Å². The lowest BCUT2D eigenvalue weighted by molar-refractivity contribution is 0.400. The van der Waals surface area contributed by atoms with Gasteiger partial charge in [0.2, 0.25) is 0 Å². The first kappa shape index (κ1) is 15.7. The second-order valence-corrected chi connectivity index (χ2v) is 8.00. The van der Waals surface area contributed by atoms with Gasteiger partial charge in [0.05, 0.1) is 11.5 Å². The van der Waals surface area contributed by atoms with Gasteiger partial charge in [0.25, 0.3) is 0 Å². The van der Waals surface area contributed by atoms with E-state index >= 15 is 0 Å². The van der Waals surface area contributed by atoms with E-state index in [2.05, 4.69) is 20.4 Å². The molecule has 2 aromatic rings. The Kier molecular flexibility index (Phi) is 3.97. The van der Waals surface area contributed by atoms with Crippen LogP contribution in [-0.2, 0) is 9.84 Å². The molecule has 1 atom stereocenters. The number of aromatic nitrogens is 3. The van der Waals surface area contributed by atoms with Crippen LogP contribution >= 0.6 is 0 Å². The van der Waals surface area contributed by atoms with Gasteiger partial charge in [-0.2, -0.15) is 0 Å². The third-order valence-corrected chi connectivity index (χ3v) is 5.58. The first-order valence-corrected chi connectivity index (χ1v) is 9.14. The molecule has 0 amide bonds. The third-order valence-electron chi connectivity index (χ3n) is 3.83. The molecular formula is C14H19N5O3S. The van der Waals surface area contributed by atoms with Crippen LogP contribution in [0.4, 0.5) is 17.5 Å². The predicted molar refractivity (Wildman–Crippen MR) is 86.8 cm³/mol. The monoisotopic (exact) mass is 337 g/mol. The molecule has 1 aliphatic heterocycles. The number of nitrogens with one attached hydrogen (secondary N) is 1. The highest BCUT2D eigenvalue weighted by atomic mass is 32.2. The molecule has 1 aliphatic rings. The smallest absolute Gasteiger partial charge is 0.175 e. The highest BCUT2D eigenvalue weighted by Gasteiger charge is 2.31. The van der Waals surface area contributed by atoms with Gasteiger partial charge < -0.3 is 14.7 Å². The zero-order valence-electron chi connectivity index (χ0n) is 13.3. The SMILES string of the molecule is Cc1nc(Nc2cc(C)on2)cc(N(C)C2CCS(=O)(=O)C2)n1. The molecule has 3 heterocycles. The second-order valence-electron chi connectivity index (χ2n) is 5.77. The summed E-state index contributed by atoms with van der Waals surface area (Å²) in [6.45, 7) is 3.60. The molecule has 2 aromatic heterocycles. The van der Waals surface area contributed by atoms with Crippen LogP contribution in [0.1, 0.15) is 18.0 Å². The lowest BCUT2D eigenvalue weighted by Crippen LogP contribution is -2.33. The number of nitrogens with zero attached hydrogens (tertiary/aromatic N) is 4. The fraction of sp³-hybridized carbons (Fsp3) is 0.500. The summed E-state index contributed by atoms with van der Waals surface area (Å²) in [5.74, 6) is 3.53. The predicted octanol–water partition coefficient (Wildman–Crippen LogP) is 1.45. The Morgan fingerprint density at radius 2 is 2.04 bits per heavy atom. The van der Waals surface area contributed by atoms with Gasteiger partial charge in [-0.15, -0.1) is 0 Å². The van der Waals surface area contributed by atoms with Crippen LogP contribution in [-0.4, -0.2) is 48.1 Å². The van der Waals surface area contributed by atoms with E-state index in [-0.39, 0.29) is 17.5 Å². The topological polar surface area (TPSA) is 101 Å². The first-order chi connectivity index (χ1) is 10.8. The molecule has 3 rings (SSSR count). The molecule has 0 saturated carbocycles. The summed E-state index contributed by atoms with van der Waals surface area (Å²) in [7, 11) is -1.08. The summed E-state index contributed by atoms with van der Waals surface area (Å²) < 4.78 is 28.3. The molecule has 0 radical (unpaired) electrons. The fourth-order valence-electron chi connectivity index (χ4n) is 2.62. The molecule has 124 valence electrons. The largest absolute Gasteiger partial charge is 0.360 e. The molecule has 0 aliphatic carbocycles. The second kappa shape index (κ2) is 5.80. The van der Waals surface area contributed by atoms with E-state index in [1.807, 2.05) is 18.9 Å². The van der Waals surface area contributed by atoms with Crippen molar-refractivity contribution in [3.8, 4) is 0 Å². The van der Waals surface area contributed by atoms with E-state index in [4.69, 9.17) is 4.52 Å². The molecule has 1 N–H and O–H groups in total. The maximum Gasteiger partial charge on any atom is 0.175 e. The maximum absolute atomic E-state index is 11.7. The fourth-order valence-corrected chi connectivity index (χ4v) is 4.40. The highest BCUT2D eigenvalue weighted by Crippen LogP contribution is 2.24. The van der Waals surface area contributed by atoms with Crippen LogP contribution < -0.4 is 10.2 Å². The molecule has 0 spiro atoms. The lowest BCUT2D eigenvalue weighted by atomic mass is 10.2. The summed E-state index contributed by atoms with van der Waals surface area (Å²) >= 11 is 0. The van der Waals surface area contributed by atoms with Gasteiger partial charge in [0, 0.05) is 25.2 Å². The molecule has 23 heavy (non-hydrogen) atoms. The molecule has 9 heteroatoms. The van der Waals surface area contributed by atoms with Crippen LogP contribution in [0.2, 0.25) is 0 Å². The third kappa shape index (κ3) is 3.61. The minimum absolute atomic E-state index is 0.0588. The van der Waals surface area contributed by atoms with Crippen molar-refractivity contribution in [3.63, 3.8) is 0 Å². The summed E-state index contributed by atoms with van der Waals surface area (Å²) in [4.78, 5) is 10.6. The Hall–Kier alpha value is -2.16. The molecule has 1 unspecified atom stereocenters. The van der Waals surface area contributed by atoms with Crippen LogP contribution in [0, 0.1) is 13.8 Å². The number of rotatable bonds is 4. The average molecular weight is 337 g/mol. The van der Waals surface area contributed by atoms with Crippen molar-refractivity contribution in [3.05, 3.63) is 23.7 Å². The van der Waals surface area contributed by atoms with Crippen LogP contribution in [0.15, 0.2) is 16.7 Å². The molecule has 0 bridgehead atoms. The van der Waals surface area contributed by atoms with Gasteiger partial charge in [0.1, 0.15) is 23.2 Å². The summed E-state index contributed by atoms with van der Waals surface area (Å²) in [5.41, 5.74) is 0. The van der Waals surface area contributed by atoms with Gasteiger partial charge >= 0.3 is 0 Å². The number of aryl methyl sites for hydroxylation is 2. The molecule has 1 saturated heterocycles. The van der Waals surface area contributed by atoms with Gasteiger partial charge in [-0.3, -0.25) is 0 Å². The lowest BCUT2D eigenvalue weighted by Gasteiger charge is -2.25. The standard InChI is InChI=1S/C14H19N5O3S/c1-9-6-13(18-22-9)17-12-7-14(16-10(2)15-12)19(3)11-4-5-23(20,21)8-11/h6-7,11H,4-5,8H2,1-3H3,(H,15,16,17,18). The summed E-state index contributed by atoms with van der Waals surface area (Å²) in [6, 6.07) is 3.49.